The van der Waals surface area contributed by atoms with E-state index in [1.807, 2.05) is 0 Å². The number of alkyl halides is 3. The Bertz CT molecular complexity index is 1080. The van der Waals surface area contributed by atoms with E-state index in [1.54, 1.807) is 0 Å². The molecule has 1 saturated heterocycles. The lowest BCUT2D eigenvalue weighted by Gasteiger charge is -2.22. The lowest BCUT2D eigenvalue weighted by atomic mass is 10.0. The molecule has 5 rings (SSSR count). The molecule has 0 amide bonds. The standard InChI is InChI=1S/C23H24F3N3O/c24-23(25,26)19-11-10-16(28-12-3-4-13-28)14-20(19)29-22(30)18-9-5-8-17(18)21(27-29)15-6-1-2-7-15/h6,10-11,14H,1-5,7-9,12-13H2. The Kier molecular flexibility index (Phi) is 4.71. The molecule has 2 heterocycles. The van der Waals surface area contributed by atoms with Crippen LogP contribution < -0.4 is 10.5 Å². The summed E-state index contributed by atoms with van der Waals surface area (Å²) >= 11 is 0. The van der Waals surface area contributed by atoms with Gasteiger partial charge in [-0.15, -0.1) is 0 Å². The zero-order valence-corrected chi connectivity index (χ0v) is 16.8. The molecule has 158 valence electrons. The summed E-state index contributed by atoms with van der Waals surface area (Å²) in [5.74, 6) is 0. The van der Waals surface area contributed by atoms with E-state index in [9.17, 15) is 18.0 Å². The van der Waals surface area contributed by atoms with Crippen molar-refractivity contribution >= 4 is 11.3 Å². The van der Waals surface area contributed by atoms with Crippen LogP contribution in [0.25, 0.3) is 11.3 Å². The van der Waals surface area contributed by atoms with Gasteiger partial charge in [0, 0.05) is 24.3 Å². The van der Waals surface area contributed by atoms with E-state index in [2.05, 4.69) is 16.1 Å². The molecular weight excluding hydrogens is 391 g/mol. The van der Waals surface area contributed by atoms with Gasteiger partial charge in [-0.1, -0.05) is 6.08 Å². The zero-order chi connectivity index (χ0) is 20.9. The number of hydrogen-bond donors (Lipinski definition) is 0. The molecule has 0 spiro atoms. The second-order valence-electron chi connectivity index (χ2n) is 8.39. The highest BCUT2D eigenvalue weighted by molar-refractivity contribution is 5.68. The molecule has 2 aromatic rings. The summed E-state index contributed by atoms with van der Waals surface area (Å²) in [7, 11) is 0. The van der Waals surface area contributed by atoms with Crippen molar-refractivity contribution < 1.29 is 13.2 Å². The normalized spacial score (nSPS) is 18.8. The van der Waals surface area contributed by atoms with Gasteiger partial charge < -0.3 is 4.90 Å². The maximum atomic E-state index is 13.9. The molecule has 2 aliphatic carbocycles. The number of allylic oxidation sites excluding steroid dienone is 2. The van der Waals surface area contributed by atoms with Crippen molar-refractivity contribution in [3.8, 4) is 5.69 Å². The first-order valence-corrected chi connectivity index (χ1v) is 10.7. The largest absolute Gasteiger partial charge is 0.418 e. The van der Waals surface area contributed by atoms with Crippen LogP contribution in [0.1, 0.15) is 60.9 Å². The first-order valence-electron chi connectivity index (χ1n) is 10.7. The van der Waals surface area contributed by atoms with Crippen molar-refractivity contribution in [2.24, 2.45) is 0 Å². The Labute approximate surface area is 173 Å². The van der Waals surface area contributed by atoms with E-state index >= 15 is 0 Å². The summed E-state index contributed by atoms with van der Waals surface area (Å²) in [5.41, 5.74) is 2.68. The summed E-state index contributed by atoms with van der Waals surface area (Å²) in [6.45, 7) is 1.63. The molecule has 4 nitrogen and oxygen atoms in total. The van der Waals surface area contributed by atoms with E-state index in [4.69, 9.17) is 0 Å². The summed E-state index contributed by atoms with van der Waals surface area (Å²) in [5, 5.41) is 4.56. The van der Waals surface area contributed by atoms with Crippen LogP contribution in [0.4, 0.5) is 18.9 Å². The van der Waals surface area contributed by atoms with Gasteiger partial charge in [-0.3, -0.25) is 4.79 Å². The molecule has 0 saturated carbocycles. The highest BCUT2D eigenvalue weighted by Gasteiger charge is 2.36. The second kappa shape index (κ2) is 7.29. The highest BCUT2D eigenvalue weighted by Crippen LogP contribution is 2.37. The monoisotopic (exact) mass is 415 g/mol. The average Bonchev–Trinajstić information content (AvgIpc) is 3.49. The zero-order valence-electron chi connectivity index (χ0n) is 16.8. The van der Waals surface area contributed by atoms with Gasteiger partial charge in [-0.25, -0.2) is 0 Å². The molecule has 0 atom stereocenters. The number of anilines is 1. The molecule has 0 unspecified atom stereocenters. The van der Waals surface area contributed by atoms with Gasteiger partial charge in [0.15, 0.2) is 0 Å². The number of fused-ring (bicyclic) bond motifs is 1. The molecular formula is C23H24F3N3O. The van der Waals surface area contributed by atoms with Gasteiger partial charge >= 0.3 is 6.18 Å². The quantitative estimate of drug-likeness (QED) is 0.715. The van der Waals surface area contributed by atoms with Gasteiger partial charge in [0.05, 0.1) is 16.9 Å². The third-order valence-electron chi connectivity index (χ3n) is 6.49. The fraction of sp³-hybridized carbons (Fsp3) is 0.478. The molecule has 1 aromatic carbocycles. The predicted octanol–water partition coefficient (Wildman–Crippen LogP) is 4.91. The van der Waals surface area contributed by atoms with E-state index < -0.39 is 17.3 Å². The van der Waals surface area contributed by atoms with Crippen molar-refractivity contribution in [1.29, 1.82) is 0 Å². The Morgan fingerprint density at radius 3 is 2.40 bits per heavy atom. The van der Waals surface area contributed by atoms with E-state index in [0.29, 0.717) is 17.7 Å². The van der Waals surface area contributed by atoms with Crippen LogP contribution in [0.5, 0.6) is 0 Å². The molecule has 0 radical (unpaired) electrons. The number of hydrogen-bond acceptors (Lipinski definition) is 3. The van der Waals surface area contributed by atoms with Crippen molar-refractivity contribution in [3.05, 3.63) is 57.0 Å². The summed E-state index contributed by atoms with van der Waals surface area (Å²) < 4.78 is 42.7. The molecule has 3 aliphatic rings. The van der Waals surface area contributed by atoms with E-state index in [1.165, 1.54) is 12.1 Å². The third kappa shape index (κ3) is 3.24. The first kappa shape index (κ1) is 19.4. The van der Waals surface area contributed by atoms with Crippen LogP contribution in [0, 0.1) is 0 Å². The fourth-order valence-electron chi connectivity index (χ4n) is 4.99. The summed E-state index contributed by atoms with van der Waals surface area (Å²) in [4.78, 5) is 15.3. The fourth-order valence-corrected chi connectivity index (χ4v) is 4.99. The molecule has 7 heteroatoms. The number of aromatic nitrogens is 2. The van der Waals surface area contributed by atoms with Crippen LogP contribution in [0.15, 0.2) is 29.1 Å². The lowest BCUT2D eigenvalue weighted by Crippen LogP contribution is -2.29. The van der Waals surface area contributed by atoms with Crippen LogP contribution in [-0.2, 0) is 19.0 Å². The van der Waals surface area contributed by atoms with Crippen molar-refractivity contribution in [1.82, 2.24) is 9.78 Å². The van der Waals surface area contributed by atoms with Crippen LogP contribution in [0.2, 0.25) is 0 Å². The Morgan fingerprint density at radius 1 is 0.933 bits per heavy atom. The topological polar surface area (TPSA) is 38.1 Å². The predicted molar refractivity (Wildman–Crippen MR) is 110 cm³/mol. The maximum Gasteiger partial charge on any atom is 0.418 e. The Balaban J connectivity index is 1.74. The van der Waals surface area contributed by atoms with Crippen LogP contribution in [-0.4, -0.2) is 22.9 Å². The average molecular weight is 415 g/mol. The summed E-state index contributed by atoms with van der Waals surface area (Å²) in [6, 6.07) is 4.10. The molecule has 1 aromatic heterocycles. The van der Waals surface area contributed by atoms with Gasteiger partial charge in [0.1, 0.15) is 0 Å². The Morgan fingerprint density at radius 2 is 1.70 bits per heavy atom. The molecule has 0 N–H and O–H groups in total. The van der Waals surface area contributed by atoms with Crippen LogP contribution >= 0.6 is 0 Å². The number of halogens is 3. The van der Waals surface area contributed by atoms with Crippen LogP contribution in [0.3, 0.4) is 0 Å². The van der Waals surface area contributed by atoms with E-state index in [0.717, 1.165) is 85.6 Å². The minimum atomic E-state index is -4.56. The maximum absolute atomic E-state index is 13.9. The number of rotatable bonds is 3. The van der Waals surface area contributed by atoms with Crippen molar-refractivity contribution in [3.63, 3.8) is 0 Å². The molecule has 30 heavy (non-hydrogen) atoms. The second-order valence-corrected chi connectivity index (χ2v) is 8.39. The van der Waals surface area contributed by atoms with Gasteiger partial charge in [-0.2, -0.15) is 23.0 Å². The van der Waals surface area contributed by atoms with Crippen molar-refractivity contribution in [2.45, 2.75) is 57.5 Å². The summed E-state index contributed by atoms with van der Waals surface area (Å²) in [6.07, 6.45) is 4.62. The smallest absolute Gasteiger partial charge is 0.371 e. The lowest BCUT2D eigenvalue weighted by molar-refractivity contribution is -0.137. The minimum Gasteiger partial charge on any atom is -0.371 e. The van der Waals surface area contributed by atoms with Gasteiger partial charge in [0.25, 0.3) is 5.56 Å². The third-order valence-corrected chi connectivity index (χ3v) is 6.49. The number of benzene rings is 1. The van der Waals surface area contributed by atoms with Gasteiger partial charge in [0.2, 0.25) is 0 Å². The number of nitrogens with zero attached hydrogens (tertiary/aromatic N) is 3. The molecule has 1 fully saturated rings. The SMILES string of the molecule is O=c1c2c(c(C3=CCCC3)nn1-c1cc(N3CCCC3)ccc1C(F)(F)F)CCC2. The van der Waals surface area contributed by atoms with Crippen molar-refractivity contribution in [2.75, 3.05) is 18.0 Å². The van der Waals surface area contributed by atoms with Gasteiger partial charge in [-0.05, 0) is 80.7 Å². The molecule has 0 bridgehead atoms. The van der Waals surface area contributed by atoms with E-state index in [-0.39, 0.29) is 5.69 Å². The molecule has 1 aliphatic heterocycles. The first-order chi connectivity index (χ1) is 14.4. The highest BCUT2D eigenvalue weighted by atomic mass is 19.4. The minimum absolute atomic E-state index is 0.161. The Hall–Kier alpha value is -2.57.